The van der Waals surface area contributed by atoms with Crippen molar-refractivity contribution in [1.29, 1.82) is 0 Å². The van der Waals surface area contributed by atoms with E-state index in [1.54, 1.807) is 20.4 Å². The number of amides is 1. The molecule has 184 valence electrons. The second kappa shape index (κ2) is 10.2. The highest BCUT2D eigenvalue weighted by Gasteiger charge is 2.34. The molecule has 1 aliphatic heterocycles. The van der Waals surface area contributed by atoms with E-state index in [1.165, 1.54) is 0 Å². The van der Waals surface area contributed by atoms with Gasteiger partial charge in [0, 0.05) is 18.3 Å². The fraction of sp³-hybridized carbons (Fsp3) is 0.357. The summed E-state index contributed by atoms with van der Waals surface area (Å²) < 4.78 is 16.9. The second-order valence-corrected chi connectivity index (χ2v) is 9.95. The molecule has 0 aliphatic carbocycles. The van der Waals surface area contributed by atoms with Crippen LogP contribution >= 0.6 is 11.6 Å². The average Bonchev–Trinajstić information content (AvgIpc) is 2.83. The van der Waals surface area contributed by atoms with Crippen molar-refractivity contribution in [3.8, 4) is 22.6 Å². The first kappa shape index (κ1) is 24.9. The Balaban J connectivity index is 1.69. The third-order valence-corrected chi connectivity index (χ3v) is 6.38. The number of pyridine rings is 1. The molecule has 4 rings (SSSR count). The van der Waals surface area contributed by atoms with Crippen molar-refractivity contribution in [3.05, 3.63) is 76.6 Å². The fourth-order valence-corrected chi connectivity index (χ4v) is 4.66. The summed E-state index contributed by atoms with van der Waals surface area (Å²) in [5, 5.41) is 0.471. The first-order valence-corrected chi connectivity index (χ1v) is 12.0. The SMILES string of the molecule is COc1cc2c(cc1OC)C(Cc1ccc(-c3cccnc3Cl)cc1)N(C(=O)OC(C)(C)C)CC2. The zero-order valence-electron chi connectivity index (χ0n) is 20.8. The number of nitrogens with zero attached hydrogens (tertiary/aromatic N) is 2. The van der Waals surface area contributed by atoms with Gasteiger partial charge in [0.1, 0.15) is 10.8 Å². The number of ether oxygens (including phenoxy) is 3. The molecule has 1 aliphatic rings. The summed E-state index contributed by atoms with van der Waals surface area (Å²) in [7, 11) is 3.25. The number of halogens is 1. The van der Waals surface area contributed by atoms with Crippen LogP contribution < -0.4 is 9.47 Å². The van der Waals surface area contributed by atoms with Gasteiger partial charge in [-0.2, -0.15) is 0 Å². The summed E-state index contributed by atoms with van der Waals surface area (Å²) in [4.78, 5) is 19.2. The van der Waals surface area contributed by atoms with E-state index in [0.29, 0.717) is 36.0 Å². The smallest absolute Gasteiger partial charge is 0.410 e. The Hall–Kier alpha value is -3.25. The van der Waals surface area contributed by atoms with Gasteiger partial charge >= 0.3 is 6.09 Å². The Bertz CT molecular complexity index is 1200. The fourth-order valence-electron chi connectivity index (χ4n) is 4.43. The van der Waals surface area contributed by atoms with E-state index >= 15 is 0 Å². The van der Waals surface area contributed by atoms with E-state index in [1.807, 2.05) is 62.1 Å². The lowest BCUT2D eigenvalue weighted by Gasteiger charge is -2.38. The predicted octanol–water partition coefficient (Wildman–Crippen LogP) is 6.50. The highest BCUT2D eigenvalue weighted by atomic mass is 35.5. The van der Waals surface area contributed by atoms with Gasteiger partial charge in [0.2, 0.25) is 0 Å². The van der Waals surface area contributed by atoms with Crippen LogP contribution in [-0.2, 0) is 17.6 Å². The molecule has 6 nitrogen and oxygen atoms in total. The van der Waals surface area contributed by atoms with Crippen molar-refractivity contribution >= 4 is 17.7 Å². The molecule has 1 aromatic heterocycles. The number of benzene rings is 2. The zero-order chi connectivity index (χ0) is 25.2. The number of carbonyl (C=O) groups is 1. The van der Waals surface area contributed by atoms with Gasteiger partial charge in [0.15, 0.2) is 11.5 Å². The Morgan fingerprint density at radius 2 is 1.77 bits per heavy atom. The molecule has 0 saturated carbocycles. The van der Waals surface area contributed by atoms with Crippen LogP contribution in [0, 0.1) is 0 Å². The van der Waals surface area contributed by atoms with Crippen LogP contribution in [0.15, 0.2) is 54.7 Å². The lowest BCUT2D eigenvalue weighted by Crippen LogP contribution is -2.43. The summed E-state index contributed by atoms with van der Waals surface area (Å²) in [6.07, 6.45) is 2.70. The minimum Gasteiger partial charge on any atom is -0.493 e. The van der Waals surface area contributed by atoms with Gasteiger partial charge in [-0.15, -0.1) is 0 Å². The summed E-state index contributed by atoms with van der Waals surface area (Å²) in [5.74, 6) is 1.33. The molecule has 0 N–H and O–H groups in total. The molecule has 0 radical (unpaired) electrons. The minimum absolute atomic E-state index is 0.207. The molecule has 1 unspecified atom stereocenters. The highest BCUT2D eigenvalue weighted by molar-refractivity contribution is 6.32. The highest BCUT2D eigenvalue weighted by Crippen LogP contribution is 2.40. The number of rotatable bonds is 5. The number of fused-ring (bicyclic) bond motifs is 1. The van der Waals surface area contributed by atoms with E-state index in [4.69, 9.17) is 25.8 Å². The van der Waals surface area contributed by atoms with E-state index < -0.39 is 5.60 Å². The van der Waals surface area contributed by atoms with Crippen molar-refractivity contribution < 1.29 is 19.0 Å². The molecule has 0 fully saturated rings. The summed E-state index contributed by atoms with van der Waals surface area (Å²) >= 11 is 6.28. The lowest BCUT2D eigenvalue weighted by atomic mass is 9.88. The molecule has 1 amide bonds. The Labute approximate surface area is 211 Å². The van der Waals surface area contributed by atoms with Crippen LogP contribution in [0.4, 0.5) is 4.79 Å². The van der Waals surface area contributed by atoms with Crippen molar-refractivity contribution in [3.63, 3.8) is 0 Å². The topological polar surface area (TPSA) is 60.9 Å². The Morgan fingerprint density at radius 1 is 1.09 bits per heavy atom. The lowest BCUT2D eigenvalue weighted by molar-refractivity contribution is 0.0141. The van der Waals surface area contributed by atoms with Crippen LogP contribution in [0.2, 0.25) is 5.15 Å². The third-order valence-electron chi connectivity index (χ3n) is 6.08. The molecule has 35 heavy (non-hydrogen) atoms. The quantitative estimate of drug-likeness (QED) is 0.379. The summed E-state index contributed by atoms with van der Waals surface area (Å²) in [6.45, 7) is 6.21. The number of methoxy groups -OCH3 is 2. The molecule has 2 aromatic carbocycles. The first-order valence-electron chi connectivity index (χ1n) is 11.6. The standard InChI is InChI=1S/C28H31ClN2O4/c1-28(2,3)35-27(32)31-14-12-20-16-24(33-4)25(34-5)17-22(20)23(31)15-18-8-10-19(11-9-18)21-7-6-13-30-26(21)29/h6-11,13,16-17,23H,12,14-15H2,1-5H3. The predicted molar refractivity (Wildman–Crippen MR) is 137 cm³/mol. The molecule has 0 spiro atoms. The van der Waals surface area contributed by atoms with E-state index in [9.17, 15) is 4.79 Å². The van der Waals surface area contributed by atoms with Crippen molar-refractivity contribution in [2.24, 2.45) is 0 Å². The monoisotopic (exact) mass is 494 g/mol. The molecule has 0 bridgehead atoms. The van der Waals surface area contributed by atoms with Gasteiger partial charge in [0.25, 0.3) is 0 Å². The molecule has 1 atom stereocenters. The molecular weight excluding hydrogens is 464 g/mol. The van der Waals surface area contributed by atoms with Crippen molar-refractivity contribution in [2.45, 2.75) is 45.3 Å². The van der Waals surface area contributed by atoms with Gasteiger partial charge in [-0.1, -0.05) is 35.9 Å². The number of hydrogen-bond donors (Lipinski definition) is 0. The summed E-state index contributed by atoms with van der Waals surface area (Å²) in [6, 6.07) is 15.8. The molecular formula is C28H31ClN2O4. The van der Waals surface area contributed by atoms with Gasteiger partial charge in [0.05, 0.1) is 20.3 Å². The van der Waals surface area contributed by atoms with E-state index in [0.717, 1.165) is 27.8 Å². The van der Waals surface area contributed by atoms with Crippen LogP contribution in [0.5, 0.6) is 11.5 Å². The zero-order valence-corrected chi connectivity index (χ0v) is 21.6. The third kappa shape index (κ3) is 5.54. The Kier molecular flexibility index (Phi) is 7.22. The maximum Gasteiger partial charge on any atom is 0.410 e. The van der Waals surface area contributed by atoms with Crippen LogP contribution in [0.25, 0.3) is 11.1 Å². The maximum absolute atomic E-state index is 13.2. The van der Waals surface area contributed by atoms with Gasteiger partial charge in [-0.3, -0.25) is 0 Å². The van der Waals surface area contributed by atoms with Crippen LogP contribution in [-0.4, -0.2) is 42.3 Å². The molecule has 3 aromatic rings. The number of carbonyl (C=O) groups excluding carboxylic acids is 1. The molecule has 0 saturated heterocycles. The van der Waals surface area contributed by atoms with Crippen LogP contribution in [0.3, 0.4) is 0 Å². The molecule has 2 heterocycles. The second-order valence-electron chi connectivity index (χ2n) is 9.59. The van der Waals surface area contributed by atoms with Gasteiger partial charge < -0.3 is 19.1 Å². The minimum atomic E-state index is -0.579. The first-order chi connectivity index (χ1) is 16.7. The normalized spacial score (nSPS) is 15.4. The van der Waals surface area contributed by atoms with Gasteiger partial charge in [-0.25, -0.2) is 9.78 Å². The van der Waals surface area contributed by atoms with Gasteiger partial charge in [-0.05, 0) is 80.1 Å². The Morgan fingerprint density at radius 3 is 2.40 bits per heavy atom. The molecule has 7 heteroatoms. The van der Waals surface area contributed by atoms with Crippen LogP contribution in [0.1, 0.15) is 43.5 Å². The maximum atomic E-state index is 13.2. The van der Waals surface area contributed by atoms with Crippen molar-refractivity contribution in [2.75, 3.05) is 20.8 Å². The largest absolute Gasteiger partial charge is 0.493 e. The number of hydrogen-bond acceptors (Lipinski definition) is 5. The van der Waals surface area contributed by atoms with E-state index in [2.05, 4.69) is 17.1 Å². The number of aromatic nitrogens is 1. The summed E-state index contributed by atoms with van der Waals surface area (Å²) in [5.41, 5.74) is 4.58. The average molecular weight is 495 g/mol. The van der Waals surface area contributed by atoms with Crippen molar-refractivity contribution in [1.82, 2.24) is 9.88 Å². The van der Waals surface area contributed by atoms with E-state index in [-0.39, 0.29) is 12.1 Å².